The maximum absolute atomic E-state index is 11.7. The monoisotopic (exact) mass is 426 g/mol. The smallest absolute Gasteiger partial charge is 0.150 e. The lowest BCUT2D eigenvalue weighted by atomic mass is 10.1. The summed E-state index contributed by atoms with van der Waals surface area (Å²) in [7, 11) is -2.94. The zero-order chi connectivity index (χ0) is 15.2. The summed E-state index contributed by atoms with van der Waals surface area (Å²) in [6.07, 6.45) is 1.19. The fourth-order valence-corrected chi connectivity index (χ4v) is 4.06. The maximum atomic E-state index is 11.7. The van der Waals surface area contributed by atoms with E-state index in [1.165, 1.54) is 0 Å². The van der Waals surface area contributed by atoms with Gasteiger partial charge in [0.1, 0.15) is 15.6 Å². The number of rotatable bonds is 8. The Bertz CT molecular complexity index is 518. The van der Waals surface area contributed by atoms with Gasteiger partial charge < -0.3 is 4.74 Å². The minimum atomic E-state index is -2.94. The molecule has 1 rings (SSSR count). The van der Waals surface area contributed by atoms with Crippen LogP contribution in [0.25, 0.3) is 0 Å². The van der Waals surface area contributed by atoms with Crippen molar-refractivity contribution in [1.29, 1.82) is 0 Å². The number of sulfone groups is 1. The first-order valence-electron chi connectivity index (χ1n) is 6.51. The van der Waals surface area contributed by atoms with Crippen LogP contribution in [-0.2, 0) is 9.84 Å². The molecule has 0 unspecified atom stereocenters. The number of benzene rings is 1. The van der Waals surface area contributed by atoms with Crippen LogP contribution in [0.5, 0.6) is 5.75 Å². The highest BCUT2D eigenvalue weighted by Crippen LogP contribution is 2.26. The molecule has 0 N–H and O–H groups in total. The van der Waals surface area contributed by atoms with Crippen molar-refractivity contribution in [2.45, 2.75) is 26.7 Å². The molecular weight excluding hydrogens is 408 g/mol. The molecule has 0 radical (unpaired) electrons. The molecule has 20 heavy (non-hydrogen) atoms. The Balaban J connectivity index is 2.42. The van der Waals surface area contributed by atoms with Crippen molar-refractivity contribution in [3.05, 3.63) is 27.7 Å². The predicted molar refractivity (Wildman–Crippen MR) is 90.8 cm³/mol. The van der Waals surface area contributed by atoms with Crippen molar-refractivity contribution in [2.24, 2.45) is 0 Å². The molecule has 6 heteroatoms. The third-order valence-electron chi connectivity index (χ3n) is 2.87. The summed E-state index contributed by atoms with van der Waals surface area (Å²) in [5.41, 5.74) is 2.23. The zero-order valence-electron chi connectivity index (χ0n) is 11.8. The van der Waals surface area contributed by atoms with E-state index in [0.29, 0.717) is 19.4 Å². The van der Waals surface area contributed by atoms with E-state index >= 15 is 0 Å². The van der Waals surface area contributed by atoms with Crippen molar-refractivity contribution in [2.75, 3.05) is 23.4 Å². The Morgan fingerprint density at radius 3 is 2.20 bits per heavy atom. The van der Waals surface area contributed by atoms with E-state index in [0.717, 1.165) is 26.7 Å². The van der Waals surface area contributed by atoms with Gasteiger partial charge in [-0.25, -0.2) is 8.42 Å². The molecule has 0 amide bonds. The molecule has 0 fully saturated rings. The zero-order valence-corrected chi connectivity index (χ0v) is 15.8. The Kier molecular flexibility index (Phi) is 7.54. The van der Waals surface area contributed by atoms with E-state index in [9.17, 15) is 8.42 Å². The molecule has 0 aliphatic carbocycles. The highest BCUT2D eigenvalue weighted by atomic mass is 79.9. The lowest BCUT2D eigenvalue weighted by molar-refractivity contribution is 0.317. The third-order valence-corrected chi connectivity index (χ3v) is 6.50. The Labute approximate surface area is 138 Å². The van der Waals surface area contributed by atoms with Crippen molar-refractivity contribution in [3.63, 3.8) is 0 Å². The number of hydrogen-bond acceptors (Lipinski definition) is 3. The summed E-state index contributed by atoms with van der Waals surface area (Å²) >= 11 is 6.75. The van der Waals surface area contributed by atoms with Crippen molar-refractivity contribution in [1.82, 2.24) is 0 Å². The quantitative estimate of drug-likeness (QED) is 0.464. The summed E-state index contributed by atoms with van der Waals surface area (Å²) in [5.74, 6) is 1.23. The molecule has 0 atom stereocenters. The predicted octanol–water partition coefficient (Wildman–Crippen LogP) is 4.03. The molecule has 0 aliphatic heterocycles. The fraction of sp³-hybridized carbons (Fsp3) is 0.571. The van der Waals surface area contributed by atoms with Crippen LogP contribution in [-0.4, -0.2) is 31.9 Å². The summed E-state index contributed by atoms with van der Waals surface area (Å²) in [4.78, 5) is 0. The van der Waals surface area contributed by atoms with E-state index in [2.05, 4.69) is 31.9 Å². The second kappa shape index (κ2) is 8.39. The van der Waals surface area contributed by atoms with Crippen molar-refractivity contribution >= 4 is 41.7 Å². The molecule has 3 nitrogen and oxygen atoms in total. The van der Waals surface area contributed by atoms with Gasteiger partial charge in [-0.1, -0.05) is 31.9 Å². The first-order chi connectivity index (χ1) is 9.35. The molecule has 0 saturated heterocycles. The van der Waals surface area contributed by atoms with Gasteiger partial charge >= 0.3 is 0 Å². The Hall–Kier alpha value is -0.0700. The van der Waals surface area contributed by atoms with Crippen LogP contribution in [0.3, 0.4) is 0 Å². The minimum Gasteiger partial charge on any atom is -0.494 e. The van der Waals surface area contributed by atoms with E-state index in [4.69, 9.17) is 4.74 Å². The van der Waals surface area contributed by atoms with Gasteiger partial charge in [0, 0.05) is 9.80 Å². The van der Waals surface area contributed by atoms with Gasteiger partial charge in [-0.15, -0.1) is 0 Å². The number of halogens is 2. The molecule has 0 bridgehead atoms. The van der Waals surface area contributed by atoms with Gasteiger partial charge in [-0.3, -0.25) is 0 Å². The van der Waals surface area contributed by atoms with Crippen LogP contribution < -0.4 is 4.74 Å². The Morgan fingerprint density at radius 2 is 1.65 bits per heavy atom. The molecule has 114 valence electrons. The number of hydrogen-bond donors (Lipinski definition) is 0. The summed E-state index contributed by atoms with van der Waals surface area (Å²) in [6.45, 7) is 4.44. The molecule has 1 aromatic carbocycles. The van der Waals surface area contributed by atoms with Crippen LogP contribution >= 0.6 is 31.9 Å². The van der Waals surface area contributed by atoms with E-state index in [1.807, 2.05) is 26.0 Å². The normalized spacial score (nSPS) is 11.6. The van der Waals surface area contributed by atoms with Crippen molar-refractivity contribution < 1.29 is 13.2 Å². The molecule has 1 aromatic rings. The molecule has 0 aliphatic rings. The number of alkyl halides is 1. The van der Waals surface area contributed by atoms with Gasteiger partial charge in [0.15, 0.2) is 0 Å². The summed E-state index contributed by atoms with van der Waals surface area (Å²) in [6, 6.07) is 3.91. The number of aryl methyl sites for hydroxylation is 2. The van der Waals surface area contributed by atoms with Gasteiger partial charge in [0.05, 0.1) is 18.1 Å². The summed E-state index contributed by atoms with van der Waals surface area (Å²) < 4.78 is 30.1. The maximum Gasteiger partial charge on any atom is 0.150 e. The number of ether oxygens (including phenoxy) is 1. The topological polar surface area (TPSA) is 43.4 Å². The van der Waals surface area contributed by atoms with E-state index < -0.39 is 9.84 Å². The molecular formula is C14H20Br2O3S. The second-order valence-electron chi connectivity index (χ2n) is 4.77. The largest absolute Gasteiger partial charge is 0.494 e. The Morgan fingerprint density at radius 1 is 1.10 bits per heavy atom. The van der Waals surface area contributed by atoms with Crippen LogP contribution in [0, 0.1) is 13.8 Å². The van der Waals surface area contributed by atoms with Crippen LogP contribution in [0.1, 0.15) is 24.0 Å². The van der Waals surface area contributed by atoms with Crippen LogP contribution in [0.2, 0.25) is 0 Å². The first kappa shape index (κ1) is 18.0. The summed E-state index contributed by atoms with van der Waals surface area (Å²) in [5, 5.41) is 0.722. The van der Waals surface area contributed by atoms with Gasteiger partial charge in [0.25, 0.3) is 0 Å². The lowest BCUT2D eigenvalue weighted by Gasteiger charge is -2.10. The average Bonchev–Trinajstić information content (AvgIpc) is 2.38. The second-order valence-corrected chi connectivity index (χ2v) is 8.66. The van der Waals surface area contributed by atoms with Crippen LogP contribution in [0.15, 0.2) is 16.6 Å². The van der Waals surface area contributed by atoms with Crippen molar-refractivity contribution in [3.8, 4) is 5.75 Å². The highest BCUT2D eigenvalue weighted by Gasteiger charge is 2.10. The standard InChI is InChI=1S/C14H20Br2O3S/c1-11-9-13(10-12(2)14(11)16)19-6-4-8-20(17,18)7-3-5-15/h9-10H,3-8H2,1-2H3. The first-order valence-corrected chi connectivity index (χ1v) is 10.3. The van der Waals surface area contributed by atoms with Gasteiger partial charge in [-0.05, 0) is 49.9 Å². The van der Waals surface area contributed by atoms with Gasteiger partial charge in [0.2, 0.25) is 0 Å². The SMILES string of the molecule is Cc1cc(OCCCS(=O)(=O)CCCBr)cc(C)c1Br. The van der Waals surface area contributed by atoms with Gasteiger partial charge in [-0.2, -0.15) is 0 Å². The lowest BCUT2D eigenvalue weighted by Crippen LogP contribution is -2.14. The fourth-order valence-electron chi connectivity index (χ4n) is 1.83. The molecule has 0 spiro atoms. The van der Waals surface area contributed by atoms with E-state index in [-0.39, 0.29) is 11.5 Å². The molecule has 0 aromatic heterocycles. The van der Waals surface area contributed by atoms with E-state index in [1.54, 1.807) is 0 Å². The minimum absolute atomic E-state index is 0.189. The average molecular weight is 428 g/mol. The highest BCUT2D eigenvalue weighted by molar-refractivity contribution is 9.10. The molecule has 0 heterocycles. The van der Waals surface area contributed by atoms with Crippen LogP contribution in [0.4, 0.5) is 0 Å². The molecule has 0 saturated carbocycles. The third kappa shape index (κ3) is 6.14.